The van der Waals surface area contributed by atoms with Gasteiger partial charge in [-0.1, -0.05) is 6.92 Å². The van der Waals surface area contributed by atoms with Gasteiger partial charge in [-0.25, -0.2) is 4.98 Å². The van der Waals surface area contributed by atoms with Crippen molar-refractivity contribution >= 4 is 0 Å². The van der Waals surface area contributed by atoms with Crippen LogP contribution in [0.4, 0.5) is 0 Å². The summed E-state index contributed by atoms with van der Waals surface area (Å²) in [6.07, 6.45) is 0.783. The molecule has 1 unspecified atom stereocenters. The number of aliphatic hydroxyl groups is 1. The first-order chi connectivity index (χ1) is 8.19. The van der Waals surface area contributed by atoms with Crippen molar-refractivity contribution in [3.8, 4) is 5.88 Å². The first kappa shape index (κ1) is 13.9. The third-order valence-corrected chi connectivity index (χ3v) is 2.34. The molecule has 1 aromatic heterocycles. The maximum atomic E-state index is 9.15. The van der Waals surface area contributed by atoms with Crippen LogP contribution in [0.5, 0.6) is 5.88 Å². The van der Waals surface area contributed by atoms with Gasteiger partial charge in [0.1, 0.15) is 6.10 Å². The van der Waals surface area contributed by atoms with Crippen molar-refractivity contribution in [3.05, 3.63) is 23.4 Å². The maximum Gasteiger partial charge on any atom is 0.214 e. The van der Waals surface area contributed by atoms with Crippen LogP contribution in [0.2, 0.25) is 0 Å². The minimum atomic E-state index is -0.0406. The third kappa shape index (κ3) is 4.71. The largest absolute Gasteiger partial charge is 0.472 e. The zero-order valence-corrected chi connectivity index (χ0v) is 10.8. The van der Waals surface area contributed by atoms with E-state index in [4.69, 9.17) is 14.6 Å². The Kier molecular flexibility index (Phi) is 5.94. The molecule has 1 atom stereocenters. The molecule has 1 heterocycles. The average molecular weight is 239 g/mol. The van der Waals surface area contributed by atoms with Crippen LogP contribution in [0.1, 0.15) is 32.0 Å². The average Bonchev–Trinajstić information content (AvgIpc) is 2.35. The van der Waals surface area contributed by atoms with Crippen LogP contribution in [0, 0.1) is 0 Å². The Labute approximate surface area is 103 Å². The number of hydrogen-bond donors (Lipinski definition) is 1. The van der Waals surface area contributed by atoms with Crippen molar-refractivity contribution in [1.82, 2.24) is 4.98 Å². The van der Waals surface area contributed by atoms with E-state index in [0.717, 1.165) is 17.7 Å². The Bertz CT molecular complexity index is 319. The molecule has 0 aliphatic rings. The van der Waals surface area contributed by atoms with Crippen LogP contribution in [-0.4, -0.2) is 29.4 Å². The van der Waals surface area contributed by atoms with Gasteiger partial charge >= 0.3 is 0 Å². The molecule has 17 heavy (non-hydrogen) atoms. The summed E-state index contributed by atoms with van der Waals surface area (Å²) in [5.74, 6) is 0.556. The van der Waals surface area contributed by atoms with Gasteiger partial charge in [0.05, 0.1) is 13.2 Å². The second-order valence-corrected chi connectivity index (χ2v) is 3.90. The van der Waals surface area contributed by atoms with Crippen LogP contribution >= 0.6 is 0 Å². The normalized spacial score (nSPS) is 12.5. The summed E-state index contributed by atoms with van der Waals surface area (Å²) in [5, 5.41) is 9.15. The summed E-state index contributed by atoms with van der Waals surface area (Å²) in [5.41, 5.74) is 1.76. The Morgan fingerprint density at radius 1 is 1.35 bits per heavy atom. The maximum absolute atomic E-state index is 9.15. The van der Waals surface area contributed by atoms with Gasteiger partial charge in [0.15, 0.2) is 0 Å². The van der Waals surface area contributed by atoms with Crippen LogP contribution in [0.3, 0.4) is 0 Å². The molecule has 0 fully saturated rings. The van der Waals surface area contributed by atoms with E-state index >= 15 is 0 Å². The zero-order chi connectivity index (χ0) is 12.7. The van der Waals surface area contributed by atoms with Crippen molar-refractivity contribution in [2.75, 3.05) is 13.2 Å². The summed E-state index contributed by atoms with van der Waals surface area (Å²) in [6.45, 7) is 7.14. The molecular weight excluding hydrogens is 218 g/mol. The van der Waals surface area contributed by atoms with E-state index in [9.17, 15) is 0 Å². The van der Waals surface area contributed by atoms with E-state index in [0.29, 0.717) is 19.1 Å². The van der Waals surface area contributed by atoms with Gasteiger partial charge in [0.2, 0.25) is 5.88 Å². The highest BCUT2D eigenvalue weighted by atomic mass is 16.5. The number of aliphatic hydroxyl groups excluding tert-OH is 1. The van der Waals surface area contributed by atoms with Gasteiger partial charge in [-0.05, 0) is 31.9 Å². The van der Waals surface area contributed by atoms with E-state index in [2.05, 4.69) is 4.98 Å². The lowest BCUT2D eigenvalue weighted by Crippen LogP contribution is -2.20. The SMILES string of the molecule is CCOCC(C)Oc1cc(CO)cc(CC)n1. The molecule has 0 aromatic carbocycles. The molecule has 4 nitrogen and oxygen atoms in total. The topological polar surface area (TPSA) is 51.6 Å². The Balaban J connectivity index is 2.68. The summed E-state index contributed by atoms with van der Waals surface area (Å²) < 4.78 is 10.9. The minimum Gasteiger partial charge on any atom is -0.472 e. The second-order valence-electron chi connectivity index (χ2n) is 3.90. The summed E-state index contributed by atoms with van der Waals surface area (Å²) in [7, 11) is 0. The first-order valence-corrected chi connectivity index (χ1v) is 6.04. The Morgan fingerprint density at radius 2 is 2.12 bits per heavy atom. The lowest BCUT2D eigenvalue weighted by Gasteiger charge is -2.15. The zero-order valence-electron chi connectivity index (χ0n) is 10.8. The first-order valence-electron chi connectivity index (χ1n) is 6.04. The molecule has 0 spiro atoms. The quantitative estimate of drug-likeness (QED) is 0.790. The number of rotatable bonds is 7. The van der Waals surface area contributed by atoms with E-state index in [1.165, 1.54) is 0 Å². The molecule has 1 aromatic rings. The number of aromatic nitrogens is 1. The van der Waals surface area contributed by atoms with Crippen molar-refractivity contribution in [2.45, 2.75) is 39.9 Å². The van der Waals surface area contributed by atoms with E-state index in [-0.39, 0.29) is 12.7 Å². The standard InChI is InChI=1S/C13H21NO3/c1-4-12-6-11(8-15)7-13(14-12)17-10(3)9-16-5-2/h6-7,10,15H,4-5,8-9H2,1-3H3. The summed E-state index contributed by atoms with van der Waals surface area (Å²) in [6, 6.07) is 3.65. The van der Waals surface area contributed by atoms with Crippen molar-refractivity contribution in [3.63, 3.8) is 0 Å². The molecule has 1 rings (SSSR count). The Hall–Kier alpha value is -1.13. The van der Waals surface area contributed by atoms with E-state index in [1.807, 2.05) is 26.8 Å². The molecule has 0 amide bonds. The number of aryl methyl sites for hydroxylation is 1. The molecule has 0 saturated carbocycles. The third-order valence-electron chi connectivity index (χ3n) is 2.34. The highest BCUT2D eigenvalue weighted by molar-refractivity contribution is 5.24. The number of pyridine rings is 1. The lowest BCUT2D eigenvalue weighted by molar-refractivity contribution is 0.0631. The fraction of sp³-hybridized carbons (Fsp3) is 0.615. The van der Waals surface area contributed by atoms with Crippen molar-refractivity contribution in [2.24, 2.45) is 0 Å². The molecule has 0 radical (unpaired) electrons. The van der Waals surface area contributed by atoms with Crippen LogP contribution in [-0.2, 0) is 17.8 Å². The van der Waals surface area contributed by atoms with Crippen LogP contribution < -0.4 is 4.74 Å². The summed E-state index contributed by atoms with van der Waals surface area (Å²) in [4.78, 5) is 4.36. The van der Waals surface area contributed by atoms with E-state index < -0.39 is 0 Å². The van der Waals surface area contributed by atoms with Gasteiger partial charge in [-0.2, -0.15) is 0 Å². The predicted molar refractivity (Wildman–Crippen MR) is 66.1 cm³/mol. The van der Waals surface area contributed by atoms with Crippen LogP contribution in [0.15, 0.2) is 12.1 Å². The van der Waals surface area contributed by atoms with Gasteiger partial charge in [-0.15, -0.1) is 0 Å². The van der Waals surface area contributed by atoms with Gasteiger partial charge in [0.25, 0.3) is 0 Å². The predicted octanol–water partition coefficient (Wildman–Crippen LogP) is 1.94. The second kappa shape index (κ2) is 7.25. The molecule has 0 aliphatic carbocycles. The summed E-state index contributed by atoms with van der Waals surface area (Å²) >= 11 is 0. The van der Waals surface area contributed by atoms with Gasteiger partial charge in [-0.3, -0.25) is 0 Å². The minimum absolute atomic E-state index is 0.00568. The highest BCUT2D eigenvalue weighted by Gasteiger charge is 2.07. The number of hydrogen-bond acceptors (Lipinski definition) is 4. The number of nitrogens with zero attached hydrogens (tertiary/aromatic N) is 1. The smallest absolute Gasteiger partial charge is 0.214 e. The fourth-order valence-electron chi connectivity index (χ4n) is 1.48. The monoisotopic (exact) mass is 239 g/mol. The molecule has 0 bridgehead atoms. The lowest BCUT2D eigenvalue weighted by atomic mass is 10.2. The van der Waals surface area contributed by atoms with Crippen LogP contribution in [0.25, 0.3) is 0 Å². The van der Waals surface area contributed by atoms with Crippen molar-refractivity contribution in [1.29, 1.82) is 0 Å². The van der Waals surface area contributed by atoms with Gasteiger partial charge < -0.3 is 14.6 Å². The van der Waals surface area contributed by atoms with E-state index in [1.54, 1.807) is 6.07 Å². The molecule has 0 aliphatic heterocycles. The Morgan fingerprint density at radius 3 is 2.71 bits per heavy atom. The fourth-order valence-corrected chi connectivity index (χ4v) is 1.48. The molecule has 96 valence electrons. The van der Waals surface area contributed by atoms with Crippen molar-refractivity contribution < 1.29 is 14.6 Å². The molecule has 1 N–H and O–H groups in total. The van der Waals surface area contributed by atoms with Gasteiger partial charge in [0, 0.05) is 18.4 Å². The molecule has 4 heteroatoms. The molecular formula is C13H21NO3. The number of ether oxygens (including phenoxy) is 2. The highest BCUT2D eigenvalue weighted by Crippen LogP contribution is 2.15. The molecule has 0 saturated heterocycles.